The predicted molar refractivity (Wildman–Crippen MR) is 178 cm³/mol. The van der Waals surface area contributed by atoms with E-state index >= 15 is 0 Å². The first-order chi connectivity index (χ1) is 21.8. The molecule has 15 heteroatoms. The lowest BCUT2D eigenvalue weighted by Gasteiger charge is -2.26. The fourth-order valence-corrected chi connectivity index (χ4v) is 5.25. The lowest BCUT2D eigenvalue weighted by Crippen LogP contribution is -2.45. The van der Waals surface area contributed by atoms with E-state index in [0.29, 0.717) is 37.6 Å². The standard InChI is InChI=1S/C31H47N9O5Si/c1-21-22-11-8-9-12-23(22)27(37-36-21)33-16-10-15-32-25(41)13-14-26-34-29(39-45-26)24-19-40(20-43-17-18-46(5,6)7)38-28(24)35-30(42)44-31(2,3)4/h8-9,11-12,19,21,36H,10,13-18,20H2,1-7H3,(H,32,41)(H,33,37)(H,35,38,42). The average Bonchev–Trinajstić information content (AvgIpc) is 3.60. The van der Waals surface area contributed by atoms with E-state index in [-0.39, 0.29) is 43.2 Å². The number of hydrogen-bond acceptors (Lipinski definition) is 10. The van der Waals surface area contributed by atoms with Crippen LogP contribution in [0.3, 0.4) is 0 Å². The van der Waals surface area contributed by atoms with Crippen molar-refractivity contribution in [3.63, 3.8) is 0 Å². The van der Waals surface area contributed by atoms with Gasteiger partial charge in [0.05, 0.1) is 5.56 Å². The molecule has 14 nitrogen and oxygen atoms in total. The lowest BCUT2D eigenvalue weighted by molar-refractivity contribution is -0.121. The van der Waals surface area contributed by atoms with Crippen molar-refractivity contribution in [3.05, 3.63) is 47.5 Å². The number of benzene rings is 1. The number of hydrazine groups is 1. The van der Waals surface area contributed by atoms with Gasteiger partial charge in [-0.05, 0) is 45.7 Å². The molecule has 0 saturated heterocycles. The molecule has 2 aromatic heterocycles. The molecule has 0 saturated carbocycles. The molecule has 1 aliphatic rings. The van der Waals surface area contributed by atoms with Crippen molar-refractivity contribution in [2.24, 2.45) is 4.99 Å². The first kappa shape index (κ1) is 34.8. The highest BCUT2D eigenvalue weighted by molar-refractivity contribution is 6.76. The summed E-state index contributed by atoms with van der Waals surface area (Å²) in [5.41, 5.74) is 8.43. The van der Waals surface area contributed by atoms with E-state index < -0.39 is 19.8 Å². The van der Waals surface area contributed by atoms with Gasteiger partial charge in [0, 0.05) is 58.4 Å². The van der Waals surface area contributed by atoms with Crippen molar-refractivity contribution in [3.8, 4) is 11.4 Å². The van der Waals surface area contributed by atoms with E-state index in [0.717, 1.165) is 17.4 Å². The molecule has 2 amide bonds. The Bertz CT molecular complexity index is 1510. The molecule has 0 spiro atoms. The number of nitrogens with one attached hydrogen (secondary N) is 4. The van der Waals surface area contributed by atoms with Crippen molar-refractivity contribution in [2.75, 3.05) is 25.0 Å². The molecule has 1 unspecified atom stereocenters. The quantitative estimate of drug-likeness (QED) is 0.142. The minimum atomic E-state index is -1.24. The van der Waals surface area contributed by atoms with Gasteiger partial charge in [0.2, 0.25) is 17.6 Å². The molecule has 1 aliphatic heterocycles. The minimum Gasteiger partial charge on any atom is -0.444 e. The van der Waals surface area contributed by atoms with E-state index in [2.05, 4.69) is 80.4 Å². The molecule has 3 heterocycles. The van der Waals surface area contributed by atoms with Crippen LogP contribution in [0.1, 0.15) is 63.6 Å². The van der Waals surface area contributed by atoms with Crippen molar-refractivity contribution in [2.45, 2.75) is 91.0 Å². The second kappa shape index (κ2) is 15.5. The van der Waals surface area contributed by atoms with Gasteiger partial charge in [0.1, 0.15) is 18.2 Å². The molecule has 1 atom stereocenters. The number of fused-ring (bicyclic) bond motifs is 1. The number of aromatic nitrogens is 4. The third-order valence-corrected chi connectivity index (χ3v) is 8.60. The average molecular weight is 654 g/mol. The van der Waals surface area contributed by atoms with Crippen LogP contribution in [0.5, 0.6) is 0 Å². The number of nitrogens with zero attached hydrogens (tertiary/aromatic N) is 5. The van der Waals surface area contributed by atoms with Crippen molar-refractivity contribution >= 4 is 31.7 Å². The van der Waals surface area contributed by atoms with Gasteiger partial charge in [-0.2, -0.15) is 10.1 Å². The summed E-state index contributed by atoms with van der Waals surface area (Å²) in [5.74, 6) is 1.42. The summed E-state index contributed by atoms with van der Waals surface area (Å²) in [5, 5.41) is 14.1. The molecule has 46 heavy (non-hydrogen) atoms. The van der Waals surface area contributed by atoms with Gasteiger partial charge in [-0.15, -0.1) is 0 Å². The summed E-state index contributed by atoms with van der Waals surface area (Å²) >= 11 is 0. The molecule has 0 radical (unpaired) electrons. The number of amides is 2. The molecular formula is C31H47N9O5Si. The van der Waals surface area contributed by atoms with Crippen LogP contribution >= 0.6 is 0 Å². The summed E-state index contributed by atoms with van der Waals surface area (Å²) < 4.78 is 18.2. The van der Waals surface area contributed by atoms with Crippen LogP contribution in [0, 0.1) is 0 Å². The van der Waals surface area contributed by atoms with E-state index in [1.807, 2.05) is 12.1 Å². The van der Waals surface area contributed by atoms with Crippen LogP contribution in [0.25, 0.3) is 11.4 Å². The number of anilines is 1. The highest BCUT2D eigenvalue weighted by Gasteiger charge is 2.23. The van der Waals surface area contributed by atoms with Gasteiger partial charge >= 0.3 is 6.09 Å². The highest BCUT2D eigenvalue weighted by Crippen LogP contribution is 2.26. The third-order valence-electron chi connectivity index (χ3n) is 6.89. The van der Waals surface area contributed by atoms with Crippen LogP contribution in [0.15, 0.2) is 40.0 Å². The zero-order valence-electron chi connectivity index (χ0n) is 27.9. The van der Waals surface area contributed by atoms with E-state index in [9.17, 15) is 9.59 Å². The van der Waals surface area contributed by atoms with Crippen molar-refractivity contribution < 1.29 is 23.6 Å². The van der Waals surface area contributed by atoms with Crippen LogP contribution in [-0.2, 0) is 27.4 Å². The number of aryl methyl sites for hydroxylation is 1. The maximum atomic E-state index is 12.5. The molecule has 250 valence electrons. The molecule has 0 bridgehead atoms. The number of carbonyl (C=O) groups excluding carboxylic acids is 2. The first-order valence-electron chi connectivity index (χ1n) is 15.7. The Hall–Kier alpha value is -4.08. The monoisotopic (exact) mass is 653 g/mol. The molecule has 0 aliphatic carbocycles. The Morgan fingerprint density at radius 1 is 1.17 bits per heavy atom. The number of ether oxygens (including phenoxy) is 2. The predicted octanol–water partition coefficient (Wildman–Crippen LogP) is 4.65. The second-order valence-electron chi connectivity index (χ2n) is 13.4. The van der Waals surface area contributed by atoms with Gasteiger partial charge in [-0.3, -0.25) is 15.1 Å². The smallest absolute Gasteiger partial charge is 0.413 e. The van der Waals surface area contributed by atoms with E-state index in [1.165, 1.54) is 5.56 Å². The van der Waals surface area contributed by atoms with Crippen LogP contribution < -0.4 is 21.5 Å². The van der Waals surface area contributed by atoms with Gasteiger partial charge < -0.3 is 24.7 Å². The molecule has 4 N–H and O–H groups in total. The van der Waals surface area contributed by atoms with Gasteiger partial charge in [-0.1, -0.05) is 49.1 Å². The normalized spacial score (nSPS) is 15.7. The number of carbonyl (C=O) groups is 2. The molecule has 4 rings (SSSR count). The second-order valence-corrected chi connectivity index (χ2v) is 19.1. The maximum Gasteiger partial charge on any atom is 0.413 e. The van der Waals surface area contributed by atoms with Crippen LogP contribution in [0.2, 0.25) is 25.7 Å². The zero-order valence-corrected chi connectivity index (χ0v) is 28.9. The van der Waals surface area contributed by atoms with Gasteiger partial charge in [0.15, 0.2) is 5.82 Å². The zero-order chi connectivity index (χ0) is 33.3. The van der Waals surface area contributed by atoms with Gasteiger partial charge in [0.25, 0.3) is 0 Å². The Morgan fingerprint density at radius 2 is 1.96 bits per heavy atom. The molecule has 1 aromatic carbocycles. The Kier molecular flexibility index (Phi) is 11.7. The van der Waals surface area contributed by atoms with Crippen LogP contribution in [0.4, 0.5) is 10.6 Å². The minimum absolute atomic E-state index is 0.125. The fourth-order valence-electron chi connectivity index (χ4n) is 4.49. The fraction of sp³-hybridized carbons (Fsp3) is 0.548. The summed E-state index contributed by atoms with van der Waals surface area (Å²) in [6.07, 6.45) is 2.16. The van der Waals surface area contributed by atoms with E-state index in [4.69, 9.17) is 14.0 Å². The Morgan fingerprint density at radius 3 is 2.72 bits per heavy atom. The summed E-state index contributed by atoms with van der Waals surface area (Å²) in [7, 11) is -1.24. The third kappa shape index (κ3) is 10.8. The maximum absolute atomic E-state index is 12.5. The molecular weight excluding hydrogens is 606 g/mol. The summed E-state index contributed by atoms with van der Waals surface area (Å²) in [4.78, 5) is 34.1. The largest absolute Gasteiger partial charge is 0.444 e. The Balaban J connectivity index is 1.28. The number of rotatable bonds is 14. The van der Waals surface area contributed by atoms with Crippen molar-refractivity contribution in [1.29, 1.82) is 0 Å². The topological polar surface area (TPSA) is 170 Å². The summed E-state index contributed by atoms with van der Waals surface area (Å²) in [6, 6.07) is 9.38. The Labute approximate surface area is 271 Å². The number of hydrogen-bond donors (Lipinski definition) is 4. The van der Waals surface area contributed by atoms with Crippen LogP contribution in [-0.4, -0.2) is 71.1 Å². The molecule has 0 fully saturated rings. The SMILES string of the molecule is CC1NNC(=NCCCNC(=O)CCc2nc(-c3cn(COCC[Si](C)(C)C)nc3NC(=O)OC(C)(C)C)no2)c2ccccc21. The number of aliphatic imine (C=N–C) groups is 1. The lowest BCUT2D eigenvalue weighted by atomic mass is 9.99. The summed E-state index contributed by atoms with van der Waals surface area (Å²) in [6.45, 7) is 16.2. The highest BCUT2D eigenvalue weighted by atomic mass is 28.3. The van der Waals surface area contributed by atoms with Crippen molar-refractivity contribution in [1.82, 2.24) is 36.1 Å². The number of amidine groups is 1. The van der Waals surface area contributed by atoms with E-state index in [1.54, 1.807) is 31.6 Å². The first-order valence-corrected chi connectivity index (χ1v) is 19.4. The van der Waals surface area contributed by atoms with Gasteiger partial charge in [-0.25, -0.2) is 14.9 Å². The molecule has 3 aromatic rings.